The Balaban J connectivity index is 3.61. The van der Waals surface area contributed by atoms with Gasteiger partial charge in [-0.3, -0.25) is 52.7 Å². The summed E-state index contributed by atoms with van der Waals surface area (Å²) in [6, 6.07) is -0.522. The normalized spacial score (nSPS) is 14.5. The van der Waals surface area contributed by atoms with Crippen molar-refractivity contribution in [3.05, 3.63) is 35.9 Å². The zero-order valence-corrected chi connectivity index (χ0v) is 37.9. The lowest BCUT2D eigenvalue weighted by Crippen LogP contribution is -2.63. The van der Waals surface area contributed by atoms with E-state index in [0.717, 1.165) is 0 Å². The summed E-state index contributed by atoms with van der Waals surface area (Å²) in [7, 11) is 0. The first-order valence-electron chi connectivity index (χ1n) is 21.2. The molecule has 1 rings (SSSR count). The fraction of sp³-hybridized carbons (Fsp3) is 0.605. The van der Waals surface area contributed by atoms with Gasteiger partial charge in [0, 0.05) is 12.8 Å². The van der Waals surface area contributed by atoms with Crippen molar-refractivity contribution in [3.63, 3.8) is 0 Å². The number of carbonyl (C=O) groups is 11. The molecule has 7 amide bonds. The van der Waals surface area contributed by atoms with Gasteiger partial charge in [0.15, 0.2) is 0 Å². The molecule has 2 unspecified atom stereocenters. The van der Waals surface area contributed by atoms with E-state index in [9.17, 15) is 63.0 Å². The zero-order valence-electron chi connectivity index (χ0n) is 37.9. The number of unbranched alkanes of at least 4 members (excludes halogenated alkanes) is 1. The minimum absolute atomic E-state index is 0.0689. The number of benzene rings is 1. The highest BCUT2D eigenvalue weighted by Gasteiger charge is 2.40. The van der Waals surface area contributed by atoms with Gasteiger partial charge in [0.05, 0.1) is 31.6 Å². The van der Waals surface area contributed by atoms with Gasteiger partial charge in [-0.2, -0.15) is 0 Å². The van der Waals surface area contributed by atoms with E-state index in [2.05, 4.69) is 31.9 Å². The summed E-state index contributed by atoms with van der Waals surface area (Å²) in [5.41, 5.74) is 4.81. The van der Waals surface area contributed by atoms with Crippen LogP contribution in [0.15, 0.2) is 30.3 Å². The van der Waals surface area contributed by atoms with E-state index in [1.54, 1.807) is 65.0 Å². The first-order chi connectivity index (χ1) is 30.3. The van der Waals surface area contributed by atoms with Gasteiger partial charge in [0.1, 0.15) is 30.2 Å². The third kappa shape index (κ3) is 21.7. The number of nitrogens with two attached hydrogens (primary N) is 1. The van der Waals surface area contributed by atoms with Crippen LogP contribution in [0.1, 0.15) is 112 Å². The summed E-state index contributed by atoms with van der Waals surface area (Å²) < 4.78 is 5.98. The molecule has 7 atom stereocenters. The standard InChI is InChI=1S/C43H65N7O15/c1-8-9-15-26(35(58)37(44)59)46-39(61)28(20-23(2)3)48-42(64)36(43(5,6)7)50-41(63)34(24(4)65-22-25-13-11-10-12-14-25)49-38(60)27(16-18-31(52)53)47-40(62)29(21-33(56)57)45-30(51)17-19-32(54)55/h10-14,23-24,26-29,34,36H,8-9,15-22H2,1-7H3,(H2,44,59)(H,45,51)(H,46,61)(H,47,62)(H,48,64)(H,49,60)(H,50,63)(H,52,53)(H,54,55)(H,56,57)/t24?,26?,27-,28-,29-,34-,36+/m0/s1. The van der Waals surface area contributed by atoms with Crippen molar-refractivity contribution in [1.29, 1.82) is 0 Å². The van der Waals surface area contributed by atoms with Crippen molar-refractivity contribution in [2.45, 2.75) is 155 Å². The van der Waals surface area contributed by atoms with E-state index in [-0.39, 0.29) is 25.4 Å². The number of primary amides is 1. The molecular formula is C43H65N7O15. The lowest BCUT2D eigenvalue weighted by molar-refractivity contribution is -0.142. The molecule has 0 heterocycles. The lowest BCUT2D eigenvalue weighted by atomic mass is 9.85. The Morgan fingerprint density at radius 2 is 1.18 bits per heavy atom. The van der Waals surface area contributed by atoms with Crippen LogP contribution in [0.3, 0.4) is 0 Å². The predicted octanol–water partition coefficient (Wildman–Crippen LogP) is 0.0416. The average Bonchev–Trinajstić information content (AvgIpc) is 3.21. The molecule has 0 fully saturated rings. The van der Waals surface area contributed by atoms with Crippen LogP contribution in [0.4, 0.5) is 0 Å². The molecule has 1 aromatic carbocycles. The number of nitrogens with one attached hydrogen (secondary N) is 6. The molecule has 0 spiro atoms. The third-order valence-corrected chi connectivity index (χ3v) is 9.76. The number of hydrogen-bond donors (Lipinski definition) is 10. The van der Waals surface area contributed by atoms with E-state index < -0.39 is 145 Å². The molecular weight excluding hydrogens is 855 g/mol. The zero-order chi connectivity index (χ0) is 49.6. The maximum atomic E-state index is 14.4. The number of amides is 7. The number of ether oxygens (including phenoxy) is 1. The van der Waals surface area contributed by atoms with Crippen LogP contribution in [-0.4, -0.2) is 123 Å². The first-order valence-corrected chi connectivity index (χ1v) is 21.2. The predicted molar refractivity (Wildman–Crippen MR) is 231 cm³/mol. The number of ketones is 1. The third-order valence-electron chi connectivity index (χ3n) is 9.76. The molecule has 1 aromatic rings. The van der Waals surface area contributed by atoms with E-state index in [0.29, 0.717) is 18.4 Å². The second-order valence-electron chi connectivity index (χ2n) is 17.0. The second kappa shape index (κ2) is 27.7. The largest absolute Gasteiger partial charge is 0.481 e. The molecule has 0 aliphatic carbocycles. The molecule has 0 bridgehead atoms. The molecule has 0 aliphatic heterocycles. The van der Waals surface area contributed by atoms with Crippen LogP contribution in [0.5, 0.6) is 0 Å². The Morgan fingerprint density at radius 1 is 0.631 bits per heavy atom. The molecule has 0 radical (unpaired) electrons. The van der Waals surface area contributed by atoms with Crippen LogP contribution in [-0.2, 0) is 64.1 Å². The number of carboxylic acids is 3. The van der Waals surface area contributed by atoms with Crippen LogP contribution in [0, 0.1) is 11.3 Å². The second-order valence-corrected chi connectivity index (χ2v) is 17.0. The molecule has 0 aliphatic rings. The first kappa shape index (κ1) is 56.6. The summed E-state index contributed by atoms with van der Waals surface area (Å²) in [5, 5.41) is 42.4. The van der Waals surface area contributed by atoms with Crippen molar-refractivity contribution < 1.29 is 72.8 Å². The summed E-state index contributed by atoms with van der Waals surface area (Å²) >= 11 is 0. The van der Waals surface area contributed by atoms with Crippen LogP contribution in [0.25, 0.3) is 0 Å². The highest BCUT2D eigenvalue weighted by atomic mass is 16.5. The van der Waals surface area contributed by atoms with Gasteiger partial charge in [-0.05, 0) is 43.1 Å². The minimum Gasteiger partial charge on any atom is -0.481 e. The lowest BCUT2D eigenvalue weighted by Gasteiger charge is -2.34. The van der Waals surface area contributed by atoms with Crippen LogP contribution in [0.2, 0.25) is 0 Å². The number of rotatable bonds is 30. The highest BCUT2D eigenvalue weighted by molar-refractivity contribution is 6.37. The van der Waals surface area contributed by atoms with Gasteiger partial charge in [-0.25, -0.2) is 0 Å². The van der Waals surface area contributed by atoms with Crippen molar-refractivity contribution >= 4 is 65.0 Å². The summed E-state index contributed by atoms with van der Waals surface area (Å²) in [4.78, 5) is 140. The molecule has 0 aromatic heterocycles. The molecule has 362 valence electrons. The molecule has 11 N–H and O–H groups in total. The number of carbonyl (C=O) groups excluding carboxylic acids is 8. The van der Waals surface area contributed by atoms with E-state index in [1.807, 2.05) is 6.92 Å². The van der Waals surface area contributed by atoms with Crippen molar-refractivity contribution in [1.82, 2.24) is 31.9 Å². The number of Topliss-reactive ketones (excluding diaryl/α,β-unsaturated/α-hetero) is 1. The van der Waals surface area contributed by atoms with Gasteiger partial charge in [-0.15, -0.1) is 0 Å². The van der Waals surface area contributed by atoms with Gasteiger partial charge in [0.2, 0.25) is 41.2 Å². The van der Waals surface area contributed by atoms with E-state index in [1.165, 1.54) is 6.92 Å². The number of carboxylic acid groups (broad SMARTS) is 3. The van der Waals surface area contributed by atoms with Gasteiger partial charge >= 0.3 is 17.9 Å². The monoisotopic (exact) mass is 919 g/mol. The summed E-state index contributed by atoms with van der Waals surface area (Å²) in [6.45, 7) is 11.6. The highest BCUT2D eigenvalue weighted by Crippen LogP contribution is 2.21. The average molecular weight is 920 g/mol. The fourth-order valence-electron chi connectivity index (χ4n) is 6.21. The van der Waals surface area contributed by atoms with E-state index >= 15 is 0 Å². The Bertz CT molecular complexity index is 1850. The summed E-state index contributed by atoms with van der Waals surface area (Å²) in [6.07, 6.45) is -3.48. The van der Waals surface area contributed by atoms with Gasteiger partial charge < -0.3 is 57.7 Å². The van der Waals surface area contributed by atoms with Crippen LogP contribution < -0.4 is 37.6 Å². The number of aliphatic carboxylic acids is 3. The van der Waals surface area contributed by atoms with Crippen LogP contribution >= 0.6 is 0 Å². The molecule has 22 nitrogen and oxygen atoms in total. The topological polar surface area (TPSA) is 356 Å². The number of hydrogen-bond acceptors (Lipinski definition) is 12. The van der Waals surface area contributed by atoms with Gasteiger partial charge in [0.25, 0.3) is 5.91 Å². The van der Waals surface area contributed by atoms with Crippen molar-refractivity contribution in [3.8, 4) is 0 Å². The SMILES string of the molecule is CCCCC(NC(=O)[C@H](CC(C)C)NC(=O)[C@@H](NC(=O)[C@@H](NC(=O)[C@H](CCC(=O)O)NC(=O)[C@H](CC(=O)O)NC(=O)CCC(=O)O)C(C)OCc1ccccc1)C(C)(C)C)C(=O)C(N)=O. The fourth-order valence-corrected chi connectivity index (χ4v) is 6.21. The van der Waals surface area contributed by atoms with Gasteiger partial charge in [-0.1, -0.05) is 84.7 Å². The molecule has 0 saturated carbocycles. The Labute approximate surface area is 377 Å². The maximum absolute atomic E-state index is 14.4. The Morgan fingerprint density at radius 3 is 1.71 bits per heavy atom. The summed E-state index contributed by atoms with van der Waals surface area (Å²) in [5.74, 6) is -12.7. The Hall–Kier alpha value is -6.45. The Kier molecular flexibility index (Phi) is 24.1. The molecule has 65 heavy (non-hydrogen) atoms. The van der Waals surface area contributed by atoms with Crippen molar-refractivity contribution in [2.75, 3.05) is 0 Å². The smallest absolute Gasteiger partial charge is 0.305 e. The quantitative estimate of drug-likeness (QED) is 0.0456. The van der Waals surface area contributed by atoms with Crippen molar-refractivity contribution in [2.24, 2.45) is 17.1 Å². The molecule has 0 saturated heterocycles. The maximum Gasteiger partial charge on any atom is 0.305 e. The molecule has 22 heteroatoms. The minimum atomic E-state index is -1.83. The van der Waals surface area contributed by atoms with E-state index in [4.69, 9.17) is 15.6 Å².